The van der Waals surface area contributed by atoms with Crippen molar-refractivity contribution in [2.24, 2.45) is 0 Å². The lowest BCUT2D eigenvalue weighted by Crippen LogP contribution is -2.26. The molecule has 24 heavy (non-hydrogen) atoms. The molecule has 0 saturated heterocycles. The summed E-state index contributed by atoms with van der Waals surface area (Å²) < 4.78 is 5.55. The zero-order valence-electron chi connectivity index (χ0n) is 14.2. The van der Waals surface area contributed by atoms with Crippen LogP contribution in [0.15, 0.2) is 36.4 Å². The van der Waals surface area contributed by atoms with Crippen LogP contribution in [-0.2, 0) is 25.8 Å². The molecule has 0 bridgehead atoms. The van der Waals surface area contributed by atoms with Crippen LogP contribution in [0.2, 0.25) is 0 Å². The highest BCUT2D eigenvalue weighted by Gasteiger charge is 2.19. The van der Waals surface area contributed by atoms with Gasteiger partial charge >= 0.3 is 0 Å². The first kappa shape index (κ1) is 17.1. The van der Waals surface area contributed by atoms with Crippen molar-refractivity contribution in [3.63, 3.8) is 0 Å². The van der Waals surface area contributed by atoms with E-state index in [9.17, 15) is 0 Å². The number of benzene rings is 2. The van der Waals surface area contributed by atoms with Gasteiger partial charge in [0.2, 0.25) is 0 Å². The van der Waals surface area contributed by atoms with Crippen molar-refractivity contribution < 1.29 is 4.74 Å². The summed E-state index contributed by atoms with van der Waals surface area (Å²) in [4.78, 5) is 2.58. The van der Waals surface area contributed by atoms with E-state index in [2.05, 4.69) is 46.6 Å². The van der Waals surface area contributed by atoms with Gasteiger partial charge in [0.1, 0.15) is 5.75 Å². The summed E-state index contributed by atoms with van der Waals surface area (Å²) in [5.74, 6) is 1.05. The normalized spacial score (nSPS) is 16.4. The molecule has 128 valence electrons. The van der Waals surface area contributed by atoms with Crippen molar-refractivity contribution in [2.75, 3.05) is 32.1 Å². The monoisotopic (exact) mass is 344 g/mol. The molecule has 2 aliphatic heterocycles. The van der Waals surface area contributed by atoms with Gasteiger partial charge in [-0.2, -0.15) is 0 Å². The fraction of sp³-hybridized carbons (Fsp3) is 0.400. The molecule has 2 aromatic carbocycles. The van der Waals surface area contributed by atoms with Gasteiger partial charge < -0.3 is 10.1 Å². The topological polar surface area (TPSA) is 24.5 Å². The van der Waals surface area contributed by atoms with Gasteiger partial charge in [0.25, 0.3) is 0 Å². The molecular formula is C20H25ClN2O. The Hall–Kier alpha value is -1.71. The van der Waals surface area contributed by atoms with Gasteiger partial charge in [-0.3, -0.25) is 4.90 Å². The molecule has 4 rings (SSSR count). The SMILES string of the molecule is COc1cccc2c1CCN(Cc1cccc3c1NCC3)CC2.Cl. The van der Waals surface area contributed by atoms with E-state index in [1.165, 1.54) is 27.9 Å². The zero-order chi connectivity index (χ0) is 15.6. The van der Waals surface area contributed by atoms with Gasteiger partial charge in [0.05, 0.1) is 7.11 Å². The number of fused-ring (bicyclic) bond motifs is 2. The van der Waals surface area contributed by atoms with Crippen LogP contribution in [0.4, 0.5) is 5.69 Å². The number of halogens is 1. The highest BCUT2D eigenvalue weighted by atomic mass is 35.5. The minimum absolute atomic E-state index is 0. The molecule has 0 aliphatic carbocycles. The molecule has 2 heterocycles. The standard InChI is InChI=1S/C20H24N2O.ClH/c1-23-19-7-3-4-15-9-12-22(13-10-18(15)19)14-17-6-2-5-16-8-11-21-20(16)17;/h2-7,21H,8-14H2,1H3;1H. The van der Waals surface area contributed by atoms with Gasteiger partial charge in [-0.1, -0.05) is 30.3 Å². The molecule has 0 aromatic heterocycles. The van der Waals surface area contributed by atoms with Gasteiger partial charge in [-0.15, -0.1) is 12.4 Å². The van der Waals surface area contributed by atoms with Crippen LogP contribution in [0.25, 0.3) is 0 Å². The maximum absolute atomic E-state index is 5.55. The first-order chi connectivity index (χ1) is 11.3. The van der Waals surface area contributed by atoms with E-state index in [0.29, 0.717) is 0 Å². The van der Waals surface area contributed by atoms with Crippen LogP contribution in [0.1, 0.15) is 22.3 Å². The third-order valence-corrected chi connectivity index (χ3v) is 5.15. The van der Waals surface area contributed by atoms with Crippen LogP contribution in [0, 0.1) is 0 Å². The maximum Gasteiger partial charge on any atom is 0.122 e. The average molecular weight is 345 g/mol. The second-order valence-corrected chi connectivity index (χ2v) is 6.50. The van der Waals surface area contributed by atoms with Crippen molar-refractivity contribution >= 4 is 18.1 Å². The second-order valence-electron chi connectivity index (χ2n) is 6.50. The predicted octanol–water partition coefficient (Wildman–Crippen LogP) is 3.69. The average Bonchev–Trinajstić information content (AvgIpc) is 2.98. The van der Waals surface area contributed by atoms with Crippen molar-refractivity contribution in [2.45, 2.75) is 25.8 Å². The predicted molar refractivity (Wildman–Crippen MR) is 102 cm³/mol. The fourth-order valence-electron chi connectivity index (χ4n) is 3.92. The number of nitrogens with zero attached hydrogens (tertiary/aromatic N) is 1. The Bertz CT molecular complexity index is 717. The summed E-state index contributed by atoms with van der Waals surface area (Å²) in [5, 5.41) is 3.56. The minimum atomic E-state index is 0. The third kappa shape index (κ3) is 3.24. The van der Waals surface area contributed by atoms with Gasteiger partial charge in [-0.05, 0) is 47.6 Å². The van der Waals surface area contributed by atoms with Crippen molar-refractivity contribution in [3.05, 3.63) is 58.7 Å². The Kier molecular flexibility index (Phi) is 5.32. The van der Waals surface area contributed by atoms with Crippen LogP contribution in [-0.4, -0.2) is 31.6 Å². The molecule has 3 nitrogen and oxygen atoms in total. The lowest BCUT2D eigenvalue weighted by atomic mass is 10.0. The number of nitrogens with one attached hydrogen (secondary N) is 1. The van der Waals surface area contributed by atoms with E-state index in [4.69, 9.17) is 4.74 Å². The van der Waals surface area contributed by atoms with Gasteiger partial charge in [0, 0.05) is 31.9 Å². The Morgan fingerprint density at radius 3 is 2.67 bits per heavy atom. The van der Waals surface area contributed by atoms with Crippen molar-refractivity contribution in [1.82, 2.24) is 4.90 Å². The first-order valence-corrected chi connectivity index (χ1v) is 8.57. The smallest absolute Gasteiger partial charge is 0.122 e. The van der Waals surface area contributed by atoms with Gasteiger partial charge in [-0.25, -0.2) is 0 Å². The molecule has 0 fully saturated rings. The van der Waals surface area contributed by atoms with Crippen LogP contribution < -0.4 is 10.1 Å². The number of anilines is 1. The molecular weight excluding hydrogens is 320 g/mol. The molecule has 0 atom stereocenters. The Labute approximate surface area is 150 Å². The summed E-state index contributed by atoms with van der Waals surface area (Å²) in [6.07, 6.45) is 3.34. The van der Waals surface area contributed by atoms with E-state index < -0.39 is 0 Å². The van der Waals surface area contributed by atoms with Crippen LogP contribution in [0.3, 0.4) is 0 Å². The lowest BCUT2D eigenvalue weighted by Gasteiger charge is -2.21. The molecule has 2 aromatic rings. The zero-order valence-corrected chi connectivity index (χ0v) is 15.0. The molecule has 0 saturated carbocycles. The summed E-state index contributed by atoms with van der Waals surface area (Å²) in [6.45, 7) is 4.32. The number of ether oxygens (including phenoxy) is 1. The summed E-state index contributed by atoms with van der Waals surface area (Å²) in [7, 11) is 1.78. The third-order valence-electron chi connectivity index (χ3n) is 5.15. The van der Waals surface area contributed by atoms with Gasteiger partial charge in [0.15, 0.2) is 0 Å². The Morgan fingerprint density at radius 1 is 1.00 bits per heavy atom. The quantitative estimate of drug-likeness (QED) is 0.919. The van der Waals surface area contributed by atoms with Crippen LogP contribution in [0.5, 0.6) is 5.75 Å². The number of hydrogen-bond acceptors (Lipinski definition) is 3. The molecule has 0 unspecified atom stereocenters. The molecule has 4 heteroatoms. The van der Waals surface area contributed by atoms with E-state index in [0.717, 1.165) is 51.2 Å². The molecule has 2 aliphatic rings. The van der Waals surface area contributed by atoms with Crippen LogP contribution >= 0.6 is 12.4 Å². The number of para-hydroxylation sites is 1. The highest BCUT2D eigenvalue weighted by molar-refractivity contribution is 5.85. The van der Waals surface area contributed by atoms with Crippen molar-refractivity contribution in [3.8, 4) is 5.75 Å². The molecule has 1 N–H and O–H groups in total. The largest absolute Gasteiger partial charge is 0.496 e. The number of rotatable bonds is 3. The van der Waals surface area contributed by atoms with E-state index in [-0.39, 0.29) is 12.4 Å². The van der Waals surface area contributed by atoms with E-state index >= 15 is 0 Å². The Morgan fingerprint density at radius 2 is 1.79 bits per heavy atom. The summed E-state index contributed by atoms with van der Waals surface area (Å²) in [5.41, 5.74) is 7.14. The maximum atomic E-state index is 5.55. The van der Waals surface area contributed by atoms with E-state index in [1.807, 2.05) is 0 Å². The number of methoxy groups -OCH3 is 1. The summed E-state index contributed by atoms with van der Waals surface area (Å²) in [6, 6.07) is 13.2. The Balaban J connectivity index is 0.00000169. The minimum Gasteiger partial charge on any atom is -0.496 e. The lowest BCUT2D eigenvalue weighted by molar-refractivity contribution is 0.279. The van der Waals surface area contributed by atoms with E-state index in [1.54, 1.807) is 7.11 Å². The molecule has 0 amide bonds. The number of hydrogen-bond donors (Lipinski definition) is 1. The fourth-order valence-corrected chi connectivity index (χ4v) is 3.92. The highest BCUT2D eigenvalue weighted by Crippen LogP contribution is 2.29. The van der Waals surface area contributed by atoms with Crippen molar-refractivity contribution in [1.29, 1.82) is 0 Å². The molecule has 0 spiro atoms. The second kappa shape index (κ2) is 7.45. The molecule has 0 radical (unpaired) electrons. The first-order valence-electron chi connectivity index (χ1n) is 8.57. The summed E-state index contributed by atoms with van der Waals surface area (Å²) >= 11 is 0.